The van der Waals surface area contributed by atoms with Gasteiger partial charge in [-0.2, -0.15) is 0 Å². The first-order valence-electron chi connectivity index (χ1n) is 6.19. The fourth-order valence-electron chi connectivity index (χ4n) is 2.48. The molecule has 2 heteroatoms. The number of para-hydroxylation sites is 1. The number of ether oxygens (including phenoxy) is 1. The summed E-state index contributed by atoms with van der Waals surface area (Å²) in [7, 11) is 0. The van der Waals surface area contributed by atoms with Gasteiger partial charge in [0.1, 0.15) is 5.75 Å². The molecule has 3 rings (SSSR count). The lowest BCUT2D eigenvalue weighted by Gasteiger charge is -2.11. The van der Waals surface area contributed by atoms with Crippen molar-refractivity contribution in [2.75, 3.05) is 0 Å². The number of benzene rings is 2. The van der Waals surface area contributed by atoms with Crippen molar-refractivity contribution in [1.82, 2.24) is 0 Å². The first kappa shape index (κ1) is 11.0. The van der Waals surface area contributed by atoms with Gasteiger partial charge in [-0.25, -0.2) is 0 Å². The highest BCUT2D eigenvalue weighted by Crippen LogP contribution is 2.33. The zero-order chi connectivity index (χ0) is 12.4. The molecule has 0 spiro atoms. The van der Waals surface area contributed by atoms with E-state index in [0.717, 1.165) is 18.4 Å². The van der Waals surface area contributed by atoms with Gasteiger partial charge in [-0.3, -0.25) is 4.79 Å². The summed E-state index contributed by atoms with van der Waals surface area (Å²) in [5, 5.41) is 0. The van der Waals surface area contributed by atoms with E-state index in [2.05, 4.69) is 6.07 Å². The number of hydrogen-bond acceptors (Lipinski definition) is 2. The Morgan fingerprint density at radius 1 is 1.00 bits per heavy atom. The van der Waals surface area contributed by atoms with E-state index in [1.807, 2.05) is 36.4 Å². The van der Waals surface area contributed by atoms with Gasteiger partial charge in [-0.05, 0) is 36.1 Å². The van der Waals surface area contributed by atoms with Crippen LogP contribution in [0.2, 0.25) is 0 Å². The van der Waals surface area contributed by atoms with Gasteiger partial charge in [0.2, 0.25) is 0 Å². The molecule has 0 bridgehead atoms. The molecule has 1 atom stereocenters. The summed E-state index contributed by atoms with van der Waals surface area (Å²) in [6, 6.07) is 17.4. The maximum absolute atomic E-state index is 12.2. The second kappa shape index (κ2) is 4.65. The van der Waals surface area contributed by atoms with Crippen LogP contribution in [-0.4, -0.2) is 5.97 Å². The summed E-state index contributed by atoms with van der Waals surface area (Å²) < 4.78 is 5.42. The number of fused-ring (bicyclic) bond motifs is 1. The molecule has 1 aliphatic carbocycles. The van der Waals surface area contributed by atoms with E-state index >= 15 is 0 Å². The molecule has 0 fully saturated rings. The third kappa shape index (κ3) is 2.02. The first-order valence-corrected chi connectivity index (χ1v) is 6.19. The zero-order valence-electron chi connectivity index (χ0n) is 10.0. The number of carbonyl (C=O) groups excluding carboxylic acids is 1. The predicted octanol–water partition coefficient (Wildman–Crippen LogP) is 3.32. The van der Waals surface area contributed by atoms with Crippen molar-refractivity contribution < 1.29 is 9.53 Å². The van der Waals surface area contributed by atoms with Crippen LogP contribution in [0.5, 0.6) is 5.75 Å². The molecular formula is C16H14O2. The molecule has 0 aromatic heterocycles. The van der Waals surface area contributed by atoms with Crippen LogP contribution >= 0.6 is 0 Å². The topological polar surface area (TPSA) is 26.3 Å². The number of aryl methyl sites for hydroxylation is 1. The number of carbonyl (C=O) groups is 1. The van der Waals surface area contributed by atoms with Crippen LogP contribution in [-0.2, 0) is 11.2 Å². The van der Waals surface area contributed by atoms with Crippen LogP contribution in [0, 0.1) is 0 Å². The Balaban J connectivity index is 1.79. The normalized spacial score (nSPS) is 17.2. The fraction of sp³-hybridized carbons (Fsp3) is 0.188. The van der Waals surface area contributed by atoms with Crippen molar-refractivity contribution in [3.63, 3.8) is 0 Å². The molecule has 1 unspecified atom stereocenters. The molecule has 2 aromatic carbocycles. The second-order valence-electron chi connectivity index (χ2n) is 4.52. The number of hydrogen-bond donors (Lipinski definition) is 0. The molecule has 1 aliphatic rings. The minimum atomic E-state index is -0.147. The van der Waals surface area contributed by atoms with E-state index in [1.54, 1.807) is 12.1 Å². The molecular weight excluding hydrogens is 224 g/mol. The number of esters is 1. The second-order valence-corrected chi connectivity index (χ2v) is 4.52. The van der Waals surface area contributed by atoms with Crippen molar-refractivity contribution in [1.29, 1.82) is 0 Å². The average Bonchev–Trinajstić information content (AvgIpc) is 2.84. The SMILES string of the molecule is O=C(Oc1ccccc1)C1CCc2ccccc21. The van der Waals surface area contributed by atoms with Crippen molar-refractivity contribution >= 4 is 5.97 Å². The van der Waals surface area contributed by atoms with E-state index in [0.29, 0.717) is 5.75 Å². The quantitative estimate of drug-likeness (QED) is 0.592. The van der Waals surface area contributed by atoms with Crippen molar-refractivity contribution in [2.45, 2.75) is 18.8 Å². The van der Waals surface area contributed by atoms with Gasteiger partial charge < -0.3 is 4.74 Å². The van der Waals surface area contributed by atoms with Gasteiger partial charge in [0.25, 0.3) is 0 Å². The summed E-state index contributed by atoms with van der Waals surface area (Å²) in [6.07, 6.45) is 1.82. The lowest BCUT2D eigenvalue weighted by Crippen LogP contribution is -2.16. The maximum atomic E-state index is 12.2. The Morgan fingerprint density at radius 3 is 2.56 bits per heavy atom. The molecule has 0 saturated heterocycles. The fourth-order valence-corrected chi connectivity index (χ4v) is 2.48. The predicted molar refractivity (Wildman–Crippen MR) is 69.6 cm³/mol. The van der Waals surface area contributed by atoms with Crippen molar-refractivity contribution in [2.24, 2.45) is 0 Å². The lowest BCUT2D eigenvalue weighted by molar-refractivity contribution is -0.136. The third-order valence-corrected chi connectivity index (χ3v) is 3.38. The molecule has 0 saturated carbocycles. The Kier molecular flexibility index (Phi) is 2.85. The monoisotopic (exact) mass is 238 g/mol. The smallest absolute Gasteiger partial charge is 0.318 e. The van der Waals surface area contributed by atoms with E-state index in [9.17, 15) is 4.79 Å². The summed E-state index contributed by atoms with van der Waals surface area (Å²) in [5.74, 6) is 0.361. The summed E-state index contributed by atoms with van der Waals surface area (Å²) in [4.78, 5) is 12.2. The summed E-state index contributed by atoms with van der Waals surface area (Å²) in [6.45, 7) is 0. The van der Waals surface area contributed by atoms with Crippen LogP contribution in [0.4, 0.5) is 0 Å². The lowest BCUT2D eigenvalue weighted by atomic mass is 10.0. The van der Waals surface area contributed by atoms with Crippen molar-refractivity contribution in [3.05, 3.63) is 65.7 Å². The van der Waals surface area contributed by atoms with Crippen molar-refractivity contribution in [3.8, 4) is 5.75 Å². The molecule has 2 aromatic rings. The summed E-state index contributed by atoms with van der Waals surface area (Å²) >= 11 is 0. The Hall–Kier alpha value is -2.09. The van der Waals surface area contributed by atoms with Crippen LogP contribution in [0.1, 0.15) is 23.5 Å². The molecule has 2 nitrogen and oxygen atoms in total. The minimum absolute atomic E-state index is 0.110. The number of rotatable bonds is 2. The largest absolute Gasteiger partial charge is 0.426 e. The Labute approximate surface area is 106 Å². The molecule has 0 amide bonds. The molecule has 18 heavy (non-hydrogen) atoms. The first-order chi connectivity index (χ1) is 8.84. The third-order valence-electron chi connectivity index (χ3n) is 3.38. The Bertz CT molecular complexity index is 560. The highest BCUT2D eigenvalue weighted by atomic mass is 16.5. The molecule has 0 radical (unpaired) electrons. The van der Waals surface area contributed by atoms with Crippen LogP contribution in [0.25, 0.3) is 0 Å². The van der Waals surface area contributed by atoms with Crippen LogP contribution in [0.3, 0.4) is 0 Å². The zero-order valence-corrected chi connectivity index (χ0v) is 10.0. The van der Waals surface area contributed by atoms with Gasteiger partial charge in [0.05, 0.1) is 5.92 Å². The molecule has 0 heterocycles. The van der Waals surface area contributed by atoms with E-state index in [4.69, 9.17) is 4.74 Å². The van der Waals surface area contributed by atoms with Gasteiger partial charge in [0.15, 0.2) is 0 Å². The highest BCUT2D eigenvalue weighted by Gasteiger charge is 2.29. The van der Waals surface area contributed by atoms with Crippen LogP contribution in [0.15, 0.2) is 54.6 Å². The summed E-state index contributed by atoms with van der Waals surface area (Å²) in [5.41, 5.74) is 2.39. The maximum Gasteiger partial charge on any atom is 0.318 e. The van der Waals surface area contributed by atoms with E-state index in [-0.39, 0.29) is 11.9 Å². The molecule has 0 N–H and O–H groups in total. The molecule has 0 aliphatic heterocycles. The minimum Gasteiger partial charge on any atom is -0.426 e. The van der Waals surface area contributed by atoms with Gasteiger partial charge in [-0.1, -0.05) is 42.5 Å². The van der Waals surface area contributed by atoms with Gasteiger partial charge in [0, 0.05) is 0 Å². The van der Waals surface area contributed by atoms with E-state index in [1.165, 1.54) is 5.56 Å². The average molecular weight is 238 g/mol. The van der Waals surface area contributed by atoms with Gasteiger partial charge in [-0.15, -0.1) is 0 Å². The molecule has 90 valence electrons. The highest BCUT2D eigenvalue weighted by molar-refractivity contribution is 5.81. The standard InChI is InChI=1S/C16H14O2/c17-16(18-13-7-2-1-3-8-13)15-11-10-12-6-4-5-9-14(12)15/h1-9,15H,10-11H2. The Morgan fingerprint density at radius 2 is 1.72 bits per heavy atom. The van der Waals surface area contributed by atoms with Crippen LogP contribution < -0.4 is 4.74 Å². The van der Waals surface area contributed by atoms with Gasteiger partial charge >= 0.3 is 5.97 Å². The van der Waals surface area contributed by atoms with E-state index < -0.39 is 0 Å².